The molecule has 0 amide bonds. The van der Waals surface area contributed by atoms with E-state index in [0.29, 0.717) is 18.0 Å². The molecule has 0 spiro atoms. The Morgan fingerprint density at radius 3 is 2.83 bits per heavy atom. The summed E-state index contributed by atoms with van der Waals surface area (Å²) in [5, 5.41) is 6.73. The molecule has 0 aromatic heterocycles. The van der Waals surface area contributed by atoms with Gasteiger partial charge in [-0.1, -0.05) is 12.1 Å². The molecule has 1 heterocycles. The summed E-state index contributed by atoms with van der Waals surface area (Å²) in [6.07, 6.45) is 4.05. The van der Waals surface area contributed by atoms with Crippen LogP contribution in [0.4, 0.5) is 4.39 Å². The molecular weight excluding hydrogens is 291 g/mol. The van der Waals surface area contributed by atoms with E-state index in [9.17, 15) is 4.39 Å². The van der Waals surface area contributed by atoms with Crippen molar-refractivity contribution in [2.45, 2.75) is 38.8 Å². The van der Waals surface area contributed by atoms with Gasteiger partial charge in [-0.05, 0) is 55.8 Å². The molecule has 1 aromatic carbocycles. The molecule has 1 saturated carbocycles. The van der Waals surface area contributed by atoms with Gasteiger partial charge >= 0.3 is 0 Å². The van der Waals surface area contributed by atoms with Gasteiger partial charge in [0.25, 0.3) is 0 Å². The van der Waals surface area contributed by atoms with Gasteiger partial charge in [-0.15, -0.1) is 0 Å². The smallest absolute Gasteiger partial charge is 0.191 e. The molecule has 2 aliphatic rings. The highest BCUT2D eigenvalue weighted by molar-refractivity contribution is 5.79. The first-order valence-electron chi connectivity index (χ1n) is 8.59. The fourth-order valence-corrected chi connectivity index (χ4v) is 3.26. The van der Waals surface area contributed by atoms with Crippen LogP contribution in [-0.4, -0.2) is 43.6 Å². The summed E-state index contributed by atoms with van der Waals surface area (Å²) in [5.74, 6) is 1.37. The quantitative estimate of drug-likeness (QED) is 0.646. The Labute approximate surface area is 138 Å². The molecule has 1 aliphatic heterocycles. The topological polar surface area (TPSA) is 39.7 Å². The lowest BCUT2D eigenvalue weighted by Gasteiger charge is -2.17. The number of nitrogens with one attached hydrogen (secondary N) is 2. The predicted octanol–water partition coefficient (Wildman–Crippen LogP) is 2.28. The highest BCUT2D eigenvalue weighted by atomic mass is 19.1. The molecule has 1 atom stereocenters. The standard InChI is InChI=1S/C18H27FN4/c1-13-9-14(3-6-17(13)19)10-21-18(20-2)22-11-15-7-8-23(12-15)16-4-5-16/h3,6,9,15-16H,4-5,7-8,10-12H2,1-2H3,(H2,20,21,22). The Balaban J connectivity index is 1.42. The molecule has 1 aromatic rings. The van der Waals surface area contributed by atoms with Crippen molar-refractivity contribution in [1.82, 2.24) is 15.5 Å². The number of aryl methyl sites for hydroxylation is 1. The SMILES string of the molecule is CN=C(NCc1ccc(F)c(C)c1)NCC1CCN(C2CC2)C1. The molecule has 0 radical (unpaired) electrons. The Hall–Kier alpha value is -1.62. The van der Waals surface area contributed by atoms with Gasteiger partial charge in [-0.2, -0.15) is 0 Å². The minimum absolute atomic E-state index is 0.155. The first-order valence-corrected chi connectivity index (χ1v) is 8.59. The van der Waals surface area contributed by atoms with Crippen LogP contribution in [0.3, 0.4) is 0 Å². The normalized spacial score (nSPS) is 22.4. The molecular formula is C18H27FN4. The maximum Gasteiger partial charge on any atom is 0.191 e. The summed E-state index contributed by atoms with van der Waals surface area (Å²) >= 11 is 0. The summed E-state index contributed by atoms with van der Waals surface area (Å²) in [4.78, 5) is 6.91. The second-order valence-corrected chi connectivity index (χ2v) is 6.77. The minimum Gasteiger partial charge on any atom is -0.356 e. The summed E-state index contributed by atoms with van der Waals surface area (Å²) in [5.41, 5.74) is 1.74. The zero-order valence-electron chi connectivity index (χ0n) is 14.1. The number of hydrogen-bond acceptors (Lipinski definition) is 2. The third-order valence-electron chi connectivity index (χ3n) is 4.84. The highest BCUT2D eigenvalue weighted by Gasteiger charge is 2.34. The average molecular weight is 318 g/mol. The number of guanidine groups is 1. The summed E-state index contributed by atoms with van der Waals surface area (Å²) in [6.45, 7) is 5.87. The summed E-state index contributed by atoms with van der Waals surface area (Å²) < 4.78 is 13.3. The molecule has 5 heteroatoms. The second-order valence-electron chi connectivity index (χ2n) is 6.77. The van der Waals surface area contributed by atoms with Gasteiger partial charge in [-0.3, -0.25) is 4.99 Å². The molecule has 1 saturated heterocycles. The Morgan fingerprint density at radius 1 is 1.30 bits per heavy atom. The fourth-order valence-electron chi connectivity index (χ4n) is 3.26. The number of aliphatic imine (C=N–C) groups is 1. The van der Waals surface area contributed by atoms with Gasteiger partial charge in [0.05, 0.1) is 0 Å². The lowest BCUT2D eigenvalue weighted by atomic mass is 10.1. The van der Waals surface area contributed by atoms with Gasteiger partial charge in [0.1, 0.15) is 5.82 Å². The number of hydrogen-bond donors (Lipinski definition) is 2. The van der Waals surface area contributed by atoms with Gasteiger partial charge in [0.15, 0.2) is 5.96 Å². The maximum absolute atomic E-state index is 13.3. The second kappa shape index (κ2) is 7.30. The monoisotopic (exact) mass is 318 g/mol. The van der Waals surface area contributed by atoms with Crippen molar-refractivity contribution in [3.63, 3.8) is 0 Å². The van der Waals surface area contributed by atoms with E-state index in [1.54, 1.807) is 14.0 Å². The molecule has 1 aliphatic carbocycles. The van der Waals surface area contributed by atoms with E-state index in [0.717, 1.165) is 24.1 Å². The first-order chi connectivity index (χ1) is 11.2. The van der Waals surface area contributed by atoms with Crippen LogP contribution in [0, 0.1) is 18.7 Å². The fraction of sp³-hybridized carbons (Fsp3) is 0.611. The Bertz CT molecular complexity index is 568. The van der Waals surface area contributed by atoms with Crippen molar-refractivity contribution in [2.24, 2.45) is 10.9 Å². The van der Waals surface area contributed by atoms with Crippen LogP contribution in [0.2, 0.25) is 0 Å². The molecule has 0 bridgehead atoms. The third-order valence-corrected chi connectivity index (χ3v) is 4.84. The van der Waals surface area contributed by atoms with Gasteiger partial charge in [0, 0.05) is 32.7 Å². The van der Waals surface area contributed by atoms with E-state index in [1.807, 2.05) is 12.1 Å². The van der Waals surface area contributed by atoms with Crippen LogP contribution in [0.25, 0.3) is 0 Å². The van der Waals surface area contributed by atoms with Crippen molar-refractivity contribution in [1.29, 1.82) is 0 Å². The third kappa shape index (κ3) is 4.44. The van der Waals surface area contributed by atoms with Crippen LogP contribution in [0.1, 0.15) is 30.4 Å². The van der Waals surface area contributed by atoms with Gasteiger partial charge in [-0.25, -0.2) is 4.39 Å². The summed E-state index contributed by atoms with van der Waals surface area (Å²) in [6, 6.07) is 6.08. The van der Waals surface area contributed by atoms with E-state index in [1.165, 1.54) is 38.4 Å². The lowest BCUT2D eigenvalue weighted by Crippen LogP contribution is -2.40. The highest BCUT2D eigenvalue weighted by Crippen LogP contribution is 2.31. The van der Waals surface area contributed by atoms with Crippen LogP contribution in [0.5, 0.6) is 0 Å². The molecule has 1 unspecified atom stereocenters. The molecule has 4 nitrogen and oxygen atoms in total. The number of likely N-dealkylation sites (tertiary alicyclic amines) is 1. The van der Waals surface area contributed by atoms with Crippen LogP contribution < -0.4 is 10.6 Å². The largest absolute Gasteiger partial charge is 0.356 e. The number of rotatable bonds is 5. The van der Waals surface area contributed by atoms with Gasteiger partial charge in [0.2, 0.25) is 0 Å². The van der Waals surface area contributed by atoms with Crippen LogP contribution >= 0.6 is 0 Å². The van der Waals surface area contributed by atoms with Crippen molar-refractivity contribution >= 4 is 5.96 Å². The van der Waals surface area contributed by atoms with E-state index < -0.39 is 0 Å². The molecule has 23 heavy (non-hydrogen) atoms. The number of halogens is 1. The predicted molar refractivity (Wildman–Crippen MR) is 92.0 cm³/mol. The molecule has 2 fully saturated rings. The van der Waals surface area contributed by atoms with Crippen molar-refractivity contribution in [3.8, 4) is 0 Å². The molecule has 3 rings (SSSR count). The molecule has 2 N–H and O–H groups in total. The van der Waals surface area contributed by atoms with E-state index in [4.69, 9.17) is 0 Å². The van der Waals surface area contributed by atoms with Crippen molar-refractivity contribution in [3.05, 3.63) is 35.1 Å². The van der Waals surface area contributed by atoms with E-state index >= 15 is 0 Å². The van der Waals surface area contributed by atoms with E-state index in [2.05, 4.69) is 20.5 Å². The first kappa shape index (κ1) is 16.2. The zero-order valence-corrected chi connectivity index (χ0v) is 14.1. The van der Waals surface area contributed by atoms with Gasteiger partial charge < -0.3 is 15.5 Å². The van der Waals surface area contributed by atoms with Crippen molar-refractivity contribution in [2.75, 3.05) is 26.7 Å². The zero-order chi connectivity index (χ0) is 16.2. The van der Waals surface area contributed by atoms with Crippen LogP contribution in [0.15, 0.2) is 23.2 Å². The Morgan fingerprint density at radius 2 is 2.13 bits per heavy atom. The molecule has 126 valence electrons. The van der Waals surface area contributed by atoms with E-state index in [-0.39, 0.29) is 5.82 Å². The summed E-state index contributed by atoms with van der Waals surface area (Å²) in [7, 11) is 1.79. The van der Waals surface area contributed by atoms with Crippen molar-refractivity contribution < 1.29 is 4.39 Å². The number of nitrogens with zero attached hydrogens (tertiary/aromatic N) is 2. The minimum atomic E-state index is -0.155. The lowest BCUT2D eigenvalue weighted by molar-refractivity contribution is 0.314. The maximum atomic E-state index is 13.3. The Kier molecular flexibility index (Phi) is 5.16. The van der Waals surface area contributed by atoms with Crippen LogP contribution in [-0.2, 0) is 6.54 Å². The average Bonchev–Trinajstić information content (AvgIpc) is 3.30. The number of benzene rings is 1.